The molecule has 11 heteroatoms. The van der Waals surface area contributed by atoms with E-state index < -0.39 is 0 Å². The lowest BCUT2D eigenvalue weighted by molar-refractivity contribution is 0.0512. The lowest BCUT2D eigenvalue weighted by atomic mass is 10.1. The predicted molar refractivity (Wildman–Crippen MR) is 216 cm³/mol. The van der Waals surface area contributed by atoms with E-state index in [4.69, 9.17) is 9.47 Å². The maximum atomic E-state index is 12.1. The minimum atomic E-state index is -0.124. The molecule has 0 spiro atoms. The van der Waals surface area contributed by atoms with Gasteiger partial charge in [0.05, 0.1) is 33.0 Å². The number of phenols is 1. The fourth-order valence-corrected chi connectivity index (χ4v) is 5.05. The second-order valence-electron chi connectivity index (χ2n) is 11.9. The maximum absolute atomic E-state index is 12.1. The van der Waals surface area contributed by atoms with Gasteiger partial charge < -0.3 is 41.2 Å². The molecule has 278 valence electrons. The Morgan fingerprint density at radius 3 is 2.09 bits per heavy atom. The van der Waals surface area contributed by atoms with Crippen LogP contribution in [0.1, 0.15) is 41.8 Å². The molecule has 0 unspecified atom stereocenters. The molecule has 6 N–H and O–H groups in total. The summed E-state index contributed by atoms with van der Waals surface area (Å²) in [6, 6.07) is 34.4. The largest absolute Gasteiger partial charge is 0.508 e. The Morgan fingerprint density at radius 1 is 0.755 bits per heavy atom. The van der Waals surface area contributed by atoms with Crippen LogP contribution < -0.4 is 26.6 Å². The van der Waals surface area contributed by atoms with Crippen molar-refractivity contribution in [2.75, 3.05) is 56.7 Å². The zero-order valence-corrected chi connectivity index (χ0v) is 30.6. The summed E-state index contributed by atoms with van der Waals surface area (Å²) in [5, 5.41) is 25.9. The van der Waals surface area contributed by atoms with Gasteiger partial charge in [-0.3, -0.25) is 9.79 Å². The average molecular weight is 718 g/mol. The third-order valence-electron chi connectivity index (χ3n) is 7.66. The van der Waals surface area contributed by atoms with Crippen LogP contribution in [0.25, 0.3) is 5.70 Å². The van der Waals surface area contributed by atoms with Gasteiger partial charge in [0.2, 0.25) is 5.96 Å². The van der Waals surface area contributed by atoms with Gasteiger partial charge in [-0.05, 0) is 79.4 Å². The third kappa shape index (κ3) is 15.5. The Kier molecular flexibility index (Phi) is 17.2. The number of phenolic OH excluding ortho intramolecular Hbond substituents is 1. The Balaban J connectivity index is 1.23. The number of amidine groups is 1. The number of aliphatic imine (C=N–C) groups is 2. The smallest absolute Gasteiger partial charge is 0.251 e. The number of aromatic hydroxyl groups is 1. The predicted octanol–water partition coefficient (Wildman–Crippen LogP) is 6.80. The summed E-state index contributed by atoms with van der Waals surface area (Å²) in [6.07, 6.45) is 4.08. The summed E-state index contributed by atoms with van der Waals surface area (Å²) < 4.78 is 11.2. The van der Waals surface area contributed by atoms with Crippen LogP contribution in [0.5, 0.6) is 5.75 Å². The monoisotopic (exact) mass is 717 g/mol. The van der Waals surface area contributed by atoms with Crippen LogP contribution in [0.4, 0.5) is 11.4 Å². The molecule has 4 rings (SSSR count). The van der Waals surface area contributed by atoms with Crippen molar-refractivity contribution in [3.05, 3.63) is 144 Å². The van der Waals surface area contributed by atoms with Gasteiger partial charge in [0.25, 0.3) is 5.91 Å². The van der Waals surface area contributed by atoms with Crippen molar-refractivity contribution in [3.63, 3.8) is 0 Å². The first-order valence-corrected chi connectivity index (χ1v) is 17.9. The van der Waals surface area contributed by atoms with Gasteiger partial charge in [-0.1, -0.05) is 80.2 Å². The lowest BCUT2D eigenvalue weighted by Crippen LogP contribution is -2.33. The summed E-state index contributed by atoms with van der Waals surface area (Å²) >= 11 is 0. The number of hydrogen-bond acceptors (Lipinski definition) is 7. The topological polar surface area (TPSA) is 141 Å². The number of benzene rings is 4. The minimum Gasteiger partial charge on any atom is -0.508 e. The molecule has 0 aromatic heterocycles. The Morgan fingerprint density at radius 2 is 1.40 bits per heavy atom. The molecule has 4 aromatic carbocycles. The number of hydrogen-bond donors (Lipinski definition) is 6. The first kappa shape index (κ1) is 39.9. The lowest BCUT2D eigenvalue weighted by Gasteiger charge is -2.17. The zero-order valence-electron chi connectivity index (χ0n) is 30.6. The Hall–Kier alpha value is -5.91. The molecule has 11 nitrogen and oxygen atoms in total. The van der Waals surface area contributed by atoms with Crippen molar-refractivity contribution in [1.29, 1.82) is 0 Å². The number of carbonyl (C=O) groups excluding carboxylic acids is 1. The maximum Gasteiger partial charge on any atom is 0.251 e. The number of amides is 1. The number of carbonyl (C=O) groups is 1. The quantitative estimate of drug-likeness (QED) is 0.0254. The van der Waals surface area contributed by atoms with Gasteiger partial charge in [-0.25, -0.2) is 4.99 Å². The zero-order chi connectivity index (χ0) is 37.5. The highest BCUT2D eigenvalue weighted by Crippen LogP contribution is 2.18. The number of nitrogens with one attached hydrogen (secondary N) is 5. The van der Waals surface area contributed by atoms with Crippen molar-refractivity contribution in [2.24, 2.45) is 9.98 Å². The van der Waals surface area contributed by atoms with E-state index >= 15 is 0 Å². The first-order chi connectivity index (χ1) is 25.9. The summed E-state index contributed by atoms with van der Waals surface area (Å²) in [6.45, 7) is 11.4. The van der Waals surface area contributed by atoms with Crippen LogP contribution in [-0.2, 0) is 15.9 Å². The molecule has 0 atom stereocenters. The van der Waals surface area contributed by atoms with Crippen molar-refractivity contribution in [1.82, 2.24) is 16.0 Å². The molecule has 0 saturated heterocycles. The van der Waals surface area contributed by atoms with E-state index in [1.807, 2.05) is 36.4 Å². The molecular formula is C42H51N7O4. The highest BCUT2D eigenvalue weighted by atomic mass is 16.5. The van der Waals surface area contributed by atoms with Crippen molar-refractivity contribution >= 4 is 34.8 Å². The van der Waals surface area contributed by atoms with Crippen LogP contribution in [0.15, 0.2) is 138 Å². The van der Waals surface area contributed by atoms with Gasteiger partial charge in [0.1, 0.15) is 17.4 Å². The second kappa shape index (κ2) is 22.8. The van der Waals surface area contributed by atoms with Crippen LogP contribution in [0, 0.1) is 0 Å². The highest BCUT2D eigenvalue weighted by molar-refractivity contribution is 6.02. The van der Waals surface area contributed by atoms with Crippen molar-refractivity contribution in [3.8, 4) is 5.75 Å². The van der Waals surface area contributed by atoms with E-state index in [0.29, 0.717) is 62.7 Å². The Bertz CT molecular complexity index is 1780. The van der Waals surface area contributed by atoms with Gasteiger partial charge in [-0.2, -0.15) is 0 Å². The third-order valence-corrected chi connectivity index (χ3v) is 7.66. The van der Waals surface area contributed by atoms with E-state index in [2.05, 4.69) is 92.5 Å². The van der Waals surface area contributed by atoms with Gasteiger partial charge >= 0.3 is 0 Å². The molecule has 4 aromatic rings. The molecule has 53 heavy (non-hydrogen) atoms. The number of anilines is 2. The van der Waals surface area contributed by atoms with Crippen LogP contribution >= 0.6 is 0 Å². The first-order valence-electron chi connectivity index (χ1n) is 17.9. The summed E-state index contributed by atoms with van der Waals surface area (Å²) in [5.41, 5.74) is 5.71. The molecule has 0 aliphatic rings. The minimum absolute atomic E-state index is 0.124. The fraction of sp³-hybridized carbons (Fsp3) is 0.262. The molecule has 0 fully saturated rings. The number of rotatable bonds is 20. The Labute approximate surface area is 313 Å². The van der Waals surface area contributed by atoms with E-state index in [9.17, 15) is 9.90 Å². The van der Waals surface area contributed by atoms with Crippen molar-refractivity contribution in [2.45, 2.75) is 26.7 Å². The standard InChI is InChI=1S/C42H51N7O4/c1-4-11-40(44-25-24-34-12-7-5-8-13-34)35-16-18-37(19-17-35)46-33(3)48-42(49-38-20-22-39(50)23-21-38)47-32(2)43-26-28-52-30-31-53-29-27-45-41(51)36-14-9-6-10-15-36/h5-23,44,46,50H,3-4,24-31H2,1-2H3,(H,45,51)(H2,43,47,48,49)/b40-11-. The van der Waals surface area contributed by atoms with Crippen LogP contribution in [0.3, 0.4) is 0 Å². The number of guanidine groups is 1. The van der Waals surface area contributed by atoms with E-state index in [-0.39, 0.29) is 11.7 Å². The summed E-state index contributed by atoms with van der Waals surface area (Å²) in [5.74, 6) is 1.47. The highest BCUT2D eigenvalue weighted by Gasteiger charge is 2.07. The molecule has 0 aliphatic heterocycles. The number of ether oxygens (including phenoxy) is 2. The average Bonchev–Trinajstić information content (AvgIpc) is 3.17. The molecule has 1 amide bonds. The van der Waals surface area contributed by atoms with Gasteiger partial charge in [-0.15, -0.1) is 0 Å². The second-order valence-corrected chi connectivity index (χ2v) is 11.9. The van der Waals surface area contributed by atoms with Gasteiger partial charge in [0, 0.05) is 35.7 Å². The van der Waals surface area contributed by atoms with Crippen LogP contribution in [-0.4, -0.2) is 68.9 Å². The van der Waals surface area contributed by atoms with Gasteiger partial charge in [0.15, 0.2) is 0 Å². The molecule has 0 heterocycles. The van der Waals surface area contributed by atoms with E-state index in [1.54, 1.807) is 43.3 Å². The van der Waals surface area contributed by atoms with Crippen molar-refractivity contribution < 1.29 is 19.4 Å². The number of allylic oxidation sites excluding steroid dienone is 1. The number of nitrogens with zero attached hydrogens (tertiary/aromatic N) is 2. The molecule has 0 bridgehead atoms. The fourth-order valence-electron chi connectivity index (χ4n) is 5.05. The molecular weight excluding hydrogens is 667 g/mol. The normalized spacial score (nSPS) is 11.8. The molecule has 0 radical (unpaired) electrons. The van der Waals surface area contributed by atoms with Crippen LogP contribution in [0.2, 0.25) is 0 Å². The summed E-state index contributed by atoms with van der Waals surface area (Å²) in [4.78, 5) is 21.2. The van der Waals surface area contributed by atoms with E-state index in [1.165, 1.54) is 5.56 Å². The molecule has 0 aliphatic carbocycles. The SMILES string of the molecule is C=C(NC(=NC(C)=NCCOCCOCCNC(=O)c1ccccc1)Nc1ccc(O)cc1)Nc1ccc(/C(=C/CC)NCCc2ccccc2)cc1. The molecule has 0 saturated carbocycles. The van der Waals surface area contributed by atoms with E-state index in [0.717, 1.165) is 42.0 Å². The summed E-state index contributed by atoms with van der Waals surface area (Å²) in [7, 11) is 0.